The minimum atomic E-state index is 0.0394. The van der Waals surface area contributed by atoms with Crippen LogP contribution in [0.25, 0.3) is 0 Å². The van der Waals surface area contributed by atoms with Crippen LogP contribution in [-0.2, 0) is 0 Å². The van der Waals surface area contributed by atoms with Crippen molar-refractivity contribution in [3.8, 4) is 0 Å². The van der Waals surface area contributed by atoms with Gasteiger partial charge in [0.05, 0.1) is 16.9 Å². The summed E-state index contributed by atoms with van der Waals surface area (Å²) in [5.74, 6) is 1.50. The number of fused-ring (bicyclic) bond motifs is 1. The van der Waals surface area contributed by atoms with Gasteiger partial charge >= 0.3 is 0 Å². The standard InChI is InChI=1S/C16H23N3O/c1-11-5-6-12(9-11)10-19-16(20)13-3-2-4-14-15(13)18-8-7-17-14/h2-4,11-12,17-18H,5-10H2,1H3,(H,19,20). The fourth-order valence-electron chi connectivity index (χ4n) is 3.31. The van der Waals surface area contributed by atoms with E-state index in [4.69, 9.17) is 0 Å². The highest BCUT2D eigenvalue weighted by Crippen LogP contribution is 2.30. The molecule has 0 spiro atoms. The first-order valence-corrected chi connectivity index (χ1v) is 7.63. The first-order chi connectivity index (χ1) is 9.74. The number of nitrogens with one attached hydrogen (secondary N) is 3. The summed E-state index contributed by atoms with van der Waals surface area (Å²) in [5.41, 5.74) is 2.72. The Labute approximate surface area is 120 Å². The van der Waals surface area contributed by atoms with Crippen molar-refractivity contribution in [2.45, 2.75) is 26.2 Å². The van der Waals surface area contributed by atoms with E-state index in [0.29, 0.717) is 5.92 Å². The third kappa shape index (κ3) is 2.74. The Balaban J connectivity index is 1.65. The average Bonchev–Trinajstić information content (AvgIpc) is 2.90. The maximum absolute atomic E-state index is 12.4. The number of amides is 1. The molecule has 3 N–H and O–H groups in total. The van der Waals surface area contributed by atoms with Gasteiger partial charge in [-0.3, -0.25) is 4.79 Å². The lowest BCUT2D eigenvalue weighted by Crippen LogP contribution is -2.30. The van der Waals surface area contributed by atoms with Gasteiger partial charge in [-0.2, -0.15) is 0 Å². The highest BCUT2D eigenvalue weighted by molar-refractivity contribution is 6.02. The van der Waals surface area contributed by atoms with E-state index < -0.39 is 0 Å². The van der Waals surface area contributed by atoms with Gasteiger partial charge in [-0.15, -0.1) is 0 Å². The lowest BCUT2D eigenvalue weighted by molar-refractivity contribution is 0.0948. The summed E-state index contributed by atoms with van der Waals surface area (Å²) in [6.45, 7) is 4.86. The second-order valence-corrected chi connectivity index (χ2v) is 6.08. The summed E-state index contributed by atoms with van der Waals surface area (Å²) in [5, 5.41) is 9.75. The fourth-order valence-corrected chi connectivity index (χ4v) is 3.31. The first-order valence-electron chi connectivity index (χ1n) is 7.63. The van der Waals surface area contributed by atoms with Crippen LogP contribution >= 0.6 is 0 Å². The molecule has 108 valence electrons. The molecule has 1 aromatic carbocycles. The van der Waals surface area contributed by atoms with E-state index in [1.165, 1.54) is 19.3 Å². The molecule has 1 aliphatic heterocycles. The van der Waals surface area contributed by atoms with Crippen molar-refractivity contribution in [1.29, 1.82) is 0 Å². The van der Waals surface area contributed by atoms with Crippen LogP contribution in [0.5, 0.6) is 0 Å². The number of hydrogen-bond acceptors (Lipinski definition) is 3. The van der Waals surface area contributed by atoms with Gasteiger partial charge < -0.3 is 16.0 Å². The molecule has 0 bridgehead atoms. The highest BCUT2D eigenvalue weighted by atomic mass is 16.1. The van der Waals surface area contributed by atoms with Crippen LogP contribution in [0.1, 0.15) is 36.5 Å². The summed E-state index contributed by atoms with van der Waals surface area (Å²) < 4.78 is 0. The molecule has 20 heavy (non-hydrogen) atoms. The minimum Gasteiger partial charge on any atom is -0.382 e. The number of para-hydroxylation sites is 1. The third-order valence-corrected chi connectivity index (χ3v) is 4.41. The number of carbonyl (C=O) groups excluding carboxylic acids is 1. The average molecular weight is 273 g/mol. The van der Waals surface area contributed by atoms with Crippen LogP contribution in [0.2, 0.25) is 0 Å². The Hall–Kier alpha value is -1.71. The maximum atomic E-state index is 12.4. The lowest BCUT2D eigenvalue weighted by atomic mass is 10.1. The Morgan fingerprint density at radius 3 is 2.95 bits per heavy atom. The summed E-state index contributed by atoms with van der Waals surface area (Å²) >= 11 is 0. The number of benzene rings is 1. The Morgan fingerprint density at radius 2 is 2.15 bits per heavy atom. The van der Waals surface area contributed by atoms with E-state index in [2.05, 4.69) is 22.9 Å². The molecule has 1 fully saturated rings. The van der Waals surface area contributed by atoms with Gasteiger partial charge in [0.25, 0.3) is 5.91 Å². The van der Waals surface area contributed by atoms with Crippen LogP contribution in [-0.4, -0.2) is 25.5 Å². The molecule has 2 atom stereocenters. The predicted molar refractivity (Wildman–Crippen MR) is 82.3 cm³/mol. The molecule has 0 saturated heterocycles. The van der Waals surface area contributed by atoms with Crippen molar-refractivity contribution in [3.05, 3.63) is 23.8 Å². The molecule has 2 aliphatic rings. The van der Waals surface area contributed by atoms with Crippen LogP contribution in [0.4, 0.5) is 11.4 Å². The van der Waals surface area contributed by atoms with E-state index in [1.807, 2.05) is 18.2 Å². The molecular weight excluding hydrogens is 250 g/mol. The molecule has 1 amide bonds. The largest absolute Gasteiger partial charge is 0.382 e. The maximum Gasteiger partial charge on any atom is 0.253 e. The van der Waals surface area contributed by atoms with Crippen molar-refractivity contribution < 1.29 is 4.79 Å². The zero-order chi connectivity index (χ0) is 13.9. The van der Waals surface area contributed by atoms with E-state index in [1.54, 1.807) is 0 Å². The number of anilines is 2. The van der Waals surface area contributed by atoms with Crippen molar-refractivity contribution in [1.82, 2.24) is 5.32 Å². The molecule has 0 aromatic heterocycles. The summed E-state index contributed by atoms with van der Waals surface area (Å²) in [6, 6.07) is 5.84. The molecule has 2 unspecified atom stereocenters. The van der Waals surface area contributed by atoms with Crippen molar-refractivity contribution in [2.24, 2.45) is 11.8 Å². The molecule has 4 heteroatoms. The molecular formula is C16H23N3O. The molecule has 1 saturated carbocycles. The van der Waals surface area contributed by atoms with Gasteiger partial charge in [0, 0.05) is 19.6 Å². The molecule has 1 heterocycles. The predicted octanol–water partition coefficient (Wildman–Crippen LogP) is 2.69. The van der Waals surface area contributed by atoms with E-state index in [-0.39, 0.29) is 5.91 Å². The Morgan fingerprint density at radius 1 is 1.30 bits per heavy atom. The van der Waals surface area contributed by atoms with E-state index >= 15 is 0 Å². The zero-order valence-electron chi connectivity index (χ0n) is 12.0. The second kappa shape index (κ2) is 5.73. The van der Waals surface area contributed by atoms with Crippen LogP contribution in [0.15, 0.2) is 18.2 Å². The van der Waals surface area contributed by atoms with E-state index in [0.717, 1.165) is 42.5 Å². The quantitative estimate of drug-likeness (QED) is 0.793. The zero-order valence-corrected chi connectivity index (χ0v) is 12.0. The van der Waals surface area contributed by atoms with Gasteiger partial charge in [-0.25, -0.2) is 0 Å². The number of hydrogen-bond donors (Lipinski definition) is 3. The Kier molecular flexibility index (Phi) is 3.81. The summed E-state index contributed by atoms with van der Waals surface area (Å²) in [4.78, 5) is 12.4. The van der Waals surface area contributed by atoms with E-state index in [9.17, 15) is 4.79 Å². The van der Waals surface area contributed by atoms with Gasteiger partial charge in [0.1, 0.15) is 0 Å². The number of rotatable bonds is 3. The van der Waals surface area contributed by atoms with Crippen molar-refractivity contribution in [2.75, 3.05) is 30.3 Å². The molecule has 1 aliphatic carbocycles. The number of carbonyl (C=O) groups is 1. The lowest BCUT2D eigenvalue weighted by Gasteiger charge is -2.22. The minimum absolute atomic E-state index is 0.0394. The SMILES string of the molecule is CC1CCC(CNC(=O)c2cccc3c2NCCN3)C1. The van der Waals surface area contributed by atoms with Gasteiger partial charge in [0.15, 0.2) is 0 Å². The second-order valence-electron chi connectivity index (χ2n) is 6.08. The molecule has 1 aromatic rings. The molecule has 0 radical (unpaired) electrons. The van der Waals surface area contributed by atoms with Crippen molar-refractivity contribution in [3.63, 3.8) is 0 Å². The molecule has 4 nitrogen and oxygen atoms in total. The van der Waals surface area contributed by atoms with Gasteiger partial charge in [-0.1, -0.05) is 19.4 Å². The highest BCUT2D eigenvalue weighted by Gasteiger charge is 2.23. The normalized spacial score (nSPS) is 24.4. The topological polar surface area (TPSA) is 53.2 Å². The van der Waals surface area contributed by atoms with Crippen LogP contribution in [0.3, 0.4) is 0 Å². The Bertz CT molecular complexity index is 500. The van der Waals surface area contributed by atoms with Crippen LogP contribution < -0.4 is 16.0 Å². The fraction of sp³-hybridized carbons (Fsp3) is 0.562. The summed E-state index contributed by atoms with van der Waals surface area (Å²) in [6.07, 6.45) is 3.79. The summed E-state index contributed by atoms with van der Waals surface area (Å²) in [7, 11) is 0. The van der Waals surface area contributed by atoms with Crippen molar-refractivity contribution >= 4 is 17.3 Å². The molecule has 3 rings (SSSR count). The third-order valence-electron chi connectivity index (χ3n) is 4.41. The monoisotopic (exact) mass is 273 g/mol. The van der Waals surface area contributed by atoms with Gasteiger partial charge in [-0.05, 0) is 36.8 Å². The van der Waals surface area contributed by atoms with Gasteiger partial charge in [0.2, 0.25) is 0 Å². The smallest absolute Gasteiger partial charge is 0.253 e. The first kappa shape index (κ1) is 13.3. The van der Waals surface area contributed by atoms with Crippen LogP contribution in [0, 0.1) is 11.8 Å².